The Morgan fingerprint density at radius 3 is 2.73 bits per heavy atom. The molecule has 3 nitrogen and oxygen atoms in total. The number of methoxy groups -OCH3 is 1. The van der Waals surface area contributed by atoms with Crippen molar-refractivity contribution >= 4 is 12.4 Å². The molecule has 1 rings (SSSR count). The maximum atomic E-state index is 13.3. The van der Waals surface area contributed by atoms with Crippen LogP contribution in [0.15, 0.2) is 18.2 Å². The zero-order chi connectivity index (χ0) is 10.6. The highest BCUT2D eigenvalue weighted by Gasteiger charge is 2.11. The van der Waals surface area contributed by atoms with Crippen molar-refractivity contribution in [1.82, 2.24) is 0 Å². The molecule has 0 amide bonds. The molecule has 0 fully saturated rings. The van der Waals surface area contributed by atoms with E-state index in [9.17, 15) is 4.39 Å². The molecule has 0 saturated heterocycles. The Kier molecular flexibility index (Phi) is 6.24. The second-order valence-corrected chi connectivity index (χ2v) is 3.01. The summed E-state index contributed by atoms with van der Waals surface area (Å²) in [6.45, 7) is -0.0577. The molecular weight excluding hydrogens is 221 g/mol. The van der Waals surface area contributed by atoms with Crippen molar-refractivity contribution in [2.45, 2.75) is 12.5 Å². The van der Waals surface area contributed by atoms with Crippen LogP contribution < -0.4 is 10.5 Å². The second kappa shape index (κ2) is 6.61. The minimum Gasteiger partial charge on any atom is -0.497 e. The topological polar surface area (TPSA) is 55.5 Å². The van der Waals surface area contributed by atoms with Crippen LogP contribution in [-0.2, 0) is 0 Å². The molecule has 0 bridgehead atoms. The molecule has 15 heavy (non-hydrogen) atoms. The summed E-state index contributed by atoms with van der Waals surface area (Å²) in [5, 5.41) is 8.68. The lowest BCUT2D eigenvalue weighted by atomic mass is 10.0. The van der Waals surface area contributed by atoms with Crippen LogP contribution in [0.4, 0.5) is 4.39 Å². The third-order valence-electron chi connectivity index (χ3n) is 2.04. The first kappa shape index (κ1) is 14.2. The molecule has 0 aliphatic rings. The van der Waals surface area contributed by atoms with Gasteiger partial charge in [0.05, 0.1) is 7.11 Å². The Bertz CT molecular complexity index is 309. The summed E-state index contributed by atoms with van der Waals surface area (Å²) in [6, 6.07) is 3.90. The van der Waals surface area contributed by atoms with E-state index in [1.165, 1.54) is 19.2 Å². The van der Waals surface area contributed by atoms with Crippen molar-refractivity contribution in [3.05, 3.63) is 29.6 Å². The first-order valence-corrected chi connectivity index (χ1v) is 4.39. The van der Waals surface area contributed by atoms with E-state index in [0.717, 1.165) is 0 Å². The van der Waals surface area contributed by atoms with Gasteiger partial charge in [-0.25, -0.2) is 4.39 Å². The minimum absolute atomic E-state index is 0. The molecule has 0 unspecified atom stereocenters. The molecule has 0 aliphatic heterocycles. The maximum absolute atomic E-state index is 13.3. The monoisotopic (exact) mass is 235 g/mol. The standard InChI is InChI=1S/C10H14FNO2.ClH/c1-14-7-2-3-9(11)8(6-7)10(12)4-5-13;/h2-3,6,10,13H,4-5,12H2,1H3;1H/t10-;/m1./s1. The van der Waals surface area contributed by atoms with Gasteiger partial charge in [-0.05, 0) is 24.6 Å². The van der Waals surface area contributed by atoms with Crippen LogP contribution in [0, 0.1) is 5.82 Å². The molecule has 0 spiro atoms. The number of ether oxygens (including phenoxy) is 1. The zero-order valence-electron chi connectivity index (χ0n) is 8.44. The fourth-order valence-electron chi connectivity index (χ4n) is 1.23. The molecule has 0 heterocycles. The van der Waals surface area contributed by atoms with Crippen molar-refractivity contribution < 1.29 is 14.2 Å². The molecule has 0 radical (unpaired) electrons. The molecular formula is C10H15ClFNO2. The summed E-state index contributed by atoms with van der Waals surface area (Å²) in [5.41, 5.74) is 6.05. The number of nitrogens with two attached hydrogens (primary N) is 1. The summed E-state index contributed by atoms with van der Waals surface area (Å²) in [5.74, 6) is 0.196. The molecule has 0 aromatic heterocycles. The molecule has 86 valence electrons. The number of aliphatic hydroxyl groups is 1. The molecule has 0 saturated carbocycles. The third-order valence-corrected chi connectivity index (χ3v) is 2.04. The molecule has 5 heteroatoms. The van der Waals surface area contributed by atoms with E-state index < -0.39 is 6.04 Å². The van der Waals surface area contributed by atoms with Gasteiger partial charge in [-0.2, -0.15) is 0 Å². The predicted octanol–water partition coefficient (Wildman–Crippen LogP) is 1.64. The van der Waals surface area contributed by atoms with Gasteiger partial charge in [-0.15, -0.1) is 12.4 Å². The Hall–Kier alpha value is -0.840. The average molecular weight is 236 g/mol. The van der Waals surface area contributed by atoms with Gasteiger partial charge in [-0.3, -0.25) is 0 Å². The fourth-order valence-corrected chi connectivity index (χ4v) is 1.23. The summed E-state index contributed by atoms with van der Waals surface area (Å²) in [6.07, 6.45) is 0.337. The number of hydrogen-bond donors (Lipinski definition) is 2. The Morgan fingerprint density at radius 2 is 2.20 bits per heavy atom. The van der Waals surface area contributed by atoms with Gasteiger partial charge < -0.3 is 15.6 Å². The van der Waals surface area contributed by atoms with Crippen molar-refractivity contribution in [3.63, 3.8) is 0 Å². The summed E-state index contributed by atoms with van der Waals surface area (Å²) < 4.78 is 18.2. The van der Waals surface area contributed by atoms with Crippen molar-refractivity contribution in [2.75, 3.05) is 13.7 Å². The first-order chi connectivity index (χ1) is 6.69. The lowest BCUT2D eigenvalue weighted by molar-refractivity contribution is 0.275. The Labute approximate surface area is 94.5 Å². The second-order valence-electron chi connectivity index (χ2n) is 3.01. The Balaban J connectivity index is 0.00000196. The number of hydrogen-bond acceptors (Lipinski definition) is 3. The fraction of sp³-hybridized carbons (Fsp3) is 0.400. The minimum atomic E-state index is -0.491. The molecule has 1 atom stereocenters. The van der Waals surface area contributed by atoms with Gasteiger partial charge in [0.15, 0.2) is 0 Å². The number of benzene rings is 1. The van der Waals surface area contributed by atoms with E-state index in [2.05, 4.69) is 0 Å². The first-order valence-electron chi connectivity index (χ1n) is 4.39. The highest BCUT2D eigenvalue weighted by atomic mass is 35.5. The van der Waals surface area contributed by atoms with E-state index >= 15 is 0 Å². The molecule has 3 N–H and O–H groups in total. The summed E-state index contributed by atoms with van der Waals surface area (Å²) in [7, 11) is 1.51. The van der Waals surface area contributed by atoms with Gasteiger partial charge in [0, 0.05) is 18.2 Å². The number of aliphatic hydroxyl groups excluding tert-OH is 1. The van der Waals surface area contributed by atoms with E-state index in [4.69, 9.17) is 15.6 Å². The quantitative estimate of drug-likeness (QED) is 0.834. The SMILES string of the molecule is COc1ccc(F)c([C@H](N)CCO)c1.Cl. The van der Waals surface area contributed by atoms with Crippen molar-refractivity contribution in [1.29, 1.82) is 0 Å². The maximum Gasteiger partial charge on any atom is 0.128 e. The normalized spacial score (nSPS) is 11.7. The highest BCUT2D eigenvalue weighted by Crippen LogP contribution is 2.22. The van der Waals surface area contributed by atoms with E-state index in [1.54, 1.807) is 6.07 Å². The third kappa shape index (κ3) is 3.66. The highest BCUT2D eigenvalue weighted by molar-refractivity contribution is 5.85. The number of halogens is 2. The molecule has 0 aliphatic carbocycles. The van der Waals surface area contributed by atoms with Gasteiger partial charge in [-0.1, -0.05) is 0 Å². The predicted molar refractivity (Wildman–Crippen MR) is 58.8 cm³/mol. The van der Waals surface area contributed by atoms with Crippen LogP contribution >= 0.6 is 12.4 Å². The van der Waals surface area contributed by atoms with E-state index in [-0.39, 0.29) is 24.8 Å². The molecule has 1 aromatic rings. The van der Waals surface area contributed by atoms with Crippen LogP contribution in [-0.4, -0.2) is 18.8 Å². The smallest absolute Gasteiger partial charge is 0.128 e. The van der Waals surface area contributed by atoms with Gasteiger partial charge >= 0.3 is 0 Å². The zero-order valence-corrected chi connectivity index (χ0v) is 9.26. The summed E-state index contributed by atoms with van der Waals surface area (Å²) >= 11 is 0. The van der Waals surface area contributed by atoms with Crippen LogP contribution in [0.2, 0.25) is 0 Å². The van der Waals surface area contributed by atoms with Crippen LogP contribution in [0.3, 0.4) is 0 Å². The Morgan fingerprint density at radius 1 is 1.53 bits per heavy atom. The number of rotatable bonds is 4. The van der Waals surface area contributed by atoms with Crippen LogP contribution in [0.25, 0.3) is 0 Å². The summed E-state index contributed by atoms with van der Waals surface area (Å²) in [4.78, 5) is 0. The molecule has 1 aromatic carbocycles. The lowest BCUT2D eigenvalue weighted by Gasteiger charge is -2.12. The van der Waals surface area contributed by atoms with Crippen LogP contribution in [0.1, 0.15) is 18.0 Å². The van der Waals surface area contributed by atoms with Gasteiger partial charge in [0.25, 0.3) is 0 Å². The largest absolute Gasteiger partial charge is 0.497 e. The lowest BCUT2D eigenvalue weighted by Crippen LogP contribution is -2.13. The van der Waals surface area contributed by atoms with E-state index in [0.29, 0.717) is 17.7 Å². The van der Waals surface area contributed by atoms with Gasteiger partial charge in [0.1, 0.15) is 11.6 Å². The van der Waals surface area contributed by atoms with Crippen molar-refractivity contribution in [2.24, 2.45) is 5.73 Å². The van der Waals surface area contributed by atoms with Crippen molar-refractivity contribution in [3.8, 4) is 5.75 Å². The van der Waals surface area contributed by atoms with E-state index in [1.807, 2.05) is 0 Å². The van der Waals surface area contributed by atoms with Gasteiger partial charge in [0.2, 0.25) is 0 Å². The van der Waals surface area contributed by atoms with Crippen LogP contribution in [0.5, 0.6) is 5.75 Å². The average Bonchev–Trinajstić information content (AvgIpc) is 2.19.